The van der Waals surface area contributed by atoms with Gasteiger partial charge in [0.05, 0.1) is 0 Å². The third-order valence-corrected chi connectivity index (χ3v) is 3.01. The van der Waals surface area contributed by atoms with E-state index in [1.807, 2.05) is 0 Å². The van der Waals surface area contributed by atoms with E-state index in [0.29, 0.717) is 5.56 Å². The molecule has 0 nitrogen and oxygen atoms in total. The van der Waals surface area contributed by atoms with E-state index < -0.39 is 29.1 Å². The molecule has 5 heteroatoms. The van der Waals surface area contributed by atoms with Gasteiger partial charge in [-0.25, -0.2) is 22.0 Å². The topological polar surface area (TPSA) is 0 Å². The summed E-state index contributed by atoms with van der Waals surface area (Å²) in [5.41, 5.74) is 0.606. The van der Waals surface area contributed by atoms with Crippen LogP contribution in [0.5, 0.6) is 0 Å². The predicted octanol–water partition coefficient (Wildman–Crippen LogP) is 5.28. The molecule has 0 aliphatic carbocycles. The summed E-state index contributed by atoms with van der Waals surface area (Å²) < 4.78 is 65.5. The zero-order valence-corrected chi connectivity index (χ0v) is 11.3. The number of benzene rings is 2. The first kappa shape index (κ1) is 15.9. The fraction of sp³-hybridized carbons (Fsp3) is 0.0588. The minimum absolute atomic E-state index is 0.0125. The van der Waals surface area contributed by atoms with Gasteiger partial charge in [-0.15, -0.1) is 0 Å². The molecule has 2 aromatic rings. The van der Waals surface area contributed by atoms with Gasteiger partial charge >= 0.3 is 0 Å². The van der Waals surface area contributed by atoms with Crippen molar-refractivity contribution in [2.24, 2.45) is 0 Å². The lowest BCUT2D eigenvalue weighted by molar-refractivity contribution is 0.445. The number of hydrogen-bond donors (Lipinski definition) is 0. The normalized spacial score (nSPS) is 11.1. The summed E-state index contributed by atoms with van der Waals surface area (Å²) in [6.07, 6.45) is 4.26. The van der Waals surface area contributed by atoms with Gasteiger partial charge in [0.25, 0.3) is 0 Å². The van der Waals surface area contributed by atoms with Crippen LogP contribution >= 0.6 is 0 Å². The van der Waals surface area contributed by atoms with Crippen LogP contribution in [0.25, 0.3) is 12.2 Å². The molecule has 0 saturated heterocycles. The van der Waals surface area contributed by atoms with E-state index in [1.165, 1.54) is 24.3 Å². The van der Waals surface area contributed by atoms with E-state index in [4.69, 9.17) is 0 Å². The highest BCUT2D eigenvalue weighted by molar-refractivity contribution is 5.58. The van der Waals surface area contributed by atoms with E-state index >= 15 is 0 Å². The van der Waals surface area contributed by atoms with Crippen LogP contribution in [-0.4, -0.2) is 0 Å². The fourth-order valence-corrected chi connectivity index (χ4v) is 1.93. The van der Waals surface area contributed by atoms with Gasteiger partial charge in [-0.05, 0) is 41.8 Å². The Morgan fingerprint density at radius 1 is 0.818 bits per heavy atom. The van der Waals surface area contributed by atoms with E-state index in [2.05, 4.69) is 6.58 Å². The molecule has 2 aromatic carbocycles. The number of rotatable bonds is 4. The Bertz CT molecular complexity index is 724. The molecule has 0 spiro atoms. The van der Waals surface area contributed by atoms with Crippen molar-refractivity contribution in [3.63, 3.8) is 0 Å². The Labute approximate surface area is 124 Å². The monoisotopic (exact) mass is 310 g/mol. The first-order valence-corrected chi connectivity index (χ1v) is 6.34. The molecule has 0 bridgehead atoms. The van der Waals surface area contributed by atoms with E-state index in [0.717, 1.165) is 18.2 Å². The average molecular weight is 310 g/mol. The van der Waals surface area contributed by atoms with Gasteiger partial charge in [-0.1, -0.05) is 24.8 Å². The molecule has 0 unspecified atom stereocenters. The van der Waals surface area contributed by atoms with Gasteiger partial charge in [-0.2, -0.15) is 0 Å². The number of allylic oxidation sites excluding steroid dienone is 1. The first-order valence-electron chi connectivity index (χ1n) is 6.34. The van der Waals surface area contributed by atoms with Gasteiger partial charge in [0.1, 0.15) is 0 Å². The summed E-state index contributed by atoms with van der Waals surface area (Å²) in [6.45, 7) is 3.38. The highest BCUT2D eigenvalue weighted by Crippen LogP contribution is 2.18. The summed E-state index contributed by atoms with van der Waals surface area (Å²) in [6, 6.07) is 4.13. The second-order valence-corrected chi connectivity index (χ2v) is 4.59. The maximum Gasteiger partial charge on any atom is 0.194 e. The van der Waals surface area contributed by atoms with Gasteiger partial charge < -0.3 is 0 Å². The quantitative estimate of drug-likeness (QED) is 0.532. The maximum absolute atomic E-state index is 13.3. The second-order valence-electron chi connectivity index (χ2n) is 4.59. The van der Waals surface area contributed by atoms with Crippen LogP contribution < -0.4 is 0 Å². The van der Waals surface area contributed by atoms with Crippen LogP contribution in [0.3, 0.4) is 0 Å². The Morgan fingerprint density at radius 3 is 2.00 bits per heavy atom. The molecule has 0 saturated carbocycles. The SMILES string of the molecule is C=Cc1cc(/C=C/Cc2cc(F)c(F)c(F)c2)cc(F)c1F. The molecule has 0 N–H and O–H groups in total. The van der Waals surface area contributed by atoms with Crippen molar-refractivity contribution in [1.82, 2.24) is 0 Å². The molecule has 0 aliphatic rings. The van der Waals surface area contributed by atoms with Crippen molar-refractivity contribution in [3.8, 4) is 0 Å². The van der Waals surface area contributed by atoms with Gasteiger partial charge in [0.15, 0.2) is 29.1 Å². The van der Waals surface area contributed by atoms with Crippen molar-refractivity contribution in [3.05, 3.63) is 82.7 Å². The molecule has 0 amide bonds. The molecular formula is C17H11F5. The van der Waals surface area contributed by atoms with Crippen LogP contribution in [0.2, 0.25) is 0 Å². The average Bonchev–Trinajstić information content (AvgIpc) is 2.48. The van der Waals surface area contributed by atoms with Crippen LogP contribution in [0.15, 0.2) is 36.9 Å². The third-order valence-electron chi connectivity index (χ3n) is 3.01. The lowest BCUT2D eigenvalue weighted by Gasteiger charge is -2.02. The highest BCUT2D eigenvalue weighted by Gasteiger charge is 2.10. The summed E-state index contributed by atoms with van der Waals surface area (Å²) in [4.78, 5) is 0. The zero-order chi connectivity index (χ0) is 16.3. The van der Waals surface area contributed by atoms with Crippen LogP contribution in [0, 0.1) is 29.1 Å². The highest BCUT2D eigenvalue weighted by atomic mass is 19.2. The smallest absolute Gasteiger partial charge is 0.194 e. The van der Waals surface area contributed by atoms with Crippen LogP contribution in [-0.2, 0) is 6.42 Å². The van der Waals surface area contributed by atoms with Crippen LogP contribution in [0.4, 0.5) is 22.0 Å². The van der Waals surface area contributed by atoms with E-state index in [9.17, 15) is 22.0 Å². The standard InChI is InChI=1S/C17H11F5/c1-2-12-6-10(7-13(18)16(12)21)4-3-5-11-8-14(19)17(22)15(20)9-11/h2-4,6-9H,1,5H2/b4-3+. The summed E-state index contributed by atoms with van der Waals surface area (Å²) >= 11 is 0. The Morgan fingerprint density at radius 2 is 1.41 bits per heavy atom. The molecule has 114 valence electrons. The molecule has 0 heterocycles. The predicted molar refractivity (Wildman–Crippen MR) is 75.5 cm³/mol. The molecule has 0 fully saturated rings. The fourth-order valence-electron chi connectivity index (χ4n) is 1.93. The lowest BCUT2D eigenvalue weighted by Crippen LogP contribution is -1.94. The molecular weight excluding hydrogens is 299 g/mol. The molecule has 0 atom stereocenters. The molecule has 2 rings (SSSR count). The second kappa shape index (κ2) is 6.56. The molecule has 0 radical (unpaired) electrons. The minimum Gasteiger partial charge on any atom is -0.204 e. The third kappa shape index (κ3) is 3.42. The van der Waals surface area contributed by atoms with Crippen molar-refractivity contribution in [2.75, 3.05) is 0 Å². The van der Waals surface area contributed by atoms with Gasteiger partial charge in [-0.3, -0.25) is 0 Å². The van der Waals surface area contributed by atoms with E-state index in [1.54, 1.807) is 0 Å². The Hall–Kier alpha value is -2.43. The Kier molecular flexibility index (Phi) is 4.75. The van der Waals surface area contributed by atoms with Crippen molar-refractivity contribution in [1.29, 1.82) is 0 Å². The molecule has 0 aromatic heterocycles. The zero-order valence-electron chi connectivity index (χ0n) is 11.3. The number of halogens is 5. The van der Waals surface area contributed by atoms with Crippen molar-refractivity contribution >= 4 is 12.2 Å². The van der Waals surface area contributed by atoms with Gasteiger partial charge in [0, 0.05) is 5.56 Å². The van der Waals surface area contributed by atoms with Gasteiger partial charge in [0.2, 0.25) is 0 Å². The molecule has 0 aliphatic heterocycles. The summed E-state index contributed by atoms with van der Waals surface area (Å²) in [5, 5.41) is 0. The number of hydrogen-bond acceptors (Lipinski definition) is 0. The summed E-state index contributed by atoms with van der Waals surface area (Å²) in [7, 11) is 0. The maximum atomic E-state index is 13.3. The summed E-state index contributed by atoms with van der Waals surface area (Å²) in [5.74, 6) is -6.08. The largest absolute Gasteiger partial charge is 0.204 e. The van der Waals surface area contributed by atoms with E-state index in [-0.39, 0.29) is 17.5 Å². The minimum atomic E-state index is -1.52. The Balaban J connectivity index is 2.20. The first-order chi connectivity index (χ1) is 10.4. The van der Waals surface area contributed by atoms with Crippen molar-refractivity contribution < 1.29 is 22.0 Å². The molecule has 22 heavy (non-hydrogen) atoms. The van der Waals surface area contributed by atoms with Crippen molar-refractivity contribution in [2.45, 2.75) is 6.42 Å². The lowest BCUT2D eigenvalue weighted by atomic mass is 10.1. The van der Waals surface area contributed by atoms with Crippen LogP contribution in [0.1, 0.15) is 16.7 Å².